The van der Waals surface area contributed by atoms with Crippen molar-refractivity contribution in [1.29, 1.82) is 0 Å². The monoisotopic (exact) mass is 1080 g/mol. The number of anilines is 3. The third kappa shape index (κ3) is 10.9. The van der Waals surface area contributed by atoms with Crippen molar-refractivity contribution < 1.29 is 42.8 Å². The Bertz CT molecular complexity index is 3270. The van der Waals surface area contributed by atoms with Crippen molar-refractivity contribution in [2.75, 3.05) is 35.4 Å². The maximum absolute atomic E-state index is 14.8. The summed E-state index contributed by atoms with van der Waals surface area (Å²) in [6.07, 6.45) is 0. The highest BCUT2D eigenvalue weighted by atomic mass is 32.2. The maximum Gasteiger partial charge on any atom is 0.376 e. The number of carbonyl (C=O) groups excluding carboxylic acids is 4. The summed E-state index contributed by atoms with van der Waals surface area (Å²) in [6, 6.07) is 37.4. The number of carbonyl (C=O) groups is 4. The van der Waals surface area contributed by atoms with Crippen LogP contribution in [0.25, 0.3) is 5.65 Å². The number of fused-ring (bicyclic) bond motifs is 2. The zero-order valence-electron chi connectivity index (χ0n) is 42.7. The number of benzene rings is 4. The van der Waals surface area contributed by atoms with Crippen LogP contribution in [0.3, 0.4) is 0 Å². The number of nitrogens with two attached hydrogens (primary N) is 2. The highest BCUT2D eigenvalue weighted by Gasteiger charge is 2.55. The number of aromatic nitrogens is 5. The summed E-state index contributed by atoms with van der Waals surface area (Å²) in [7, 11) is 3.31. The topological polar surface area (TPSA) is 244 Å². The number of nitrogens with one attached hydrogen (secondary N) is 2. The Balaban J connectivity index is 1.03. The molecule has 0 saturated carbocycles. The molecule has 2 aliphatic heterocycles. The lowest BCUT2D eigenvalue weighted by molar-refractivity contribution is -0.631. The molecule has 22 heteroatoms. The average Bonchev–Trinajstić information content (AvgIpc) is 4.04. The van der Waals surface area contributed by atoms with Crippen molar-refractivity contribution >= 4 is 86.9 Å². The van der Waals surface area contributed by atoms with Crippen molar-refractivity contribution in [1.82, 2.24) is 29.8 Å². The van der Waals surface area contributed by atoms with Gasteiger partial charge in [0.15, 0.2) is 10.8 Å². The standard InChI is InChI=1S/C54H55N11O8S3/c1-52(2,3)72-48(69)53(4,5)73-62-41(38-31-75-50(57-38)60-54(34-17-11-8-12-18-34,35-19-13-9-14-20-35)36-21-15-10-16-22-36)44(66)59-42-45(67)64-43(47(68)71-28-32-23-25-37(70-7)26-24-32)33(29-74-46(42)64)30-76-51-58-39(55)27-40-63(6)49(56)61-65(40)51/h8-27,31,42,46,55H,28-30H2,1-7H3,(H4,56,57,59,60,61,66)/p+1/b62-41-. The van der Waals surface area contributed by atoms with Gasteiger partial charge in [0.05, 0.1) is 14.2 Å². The average molecular weight is 1080 g/mol. The molecule has 2 atom stereocenters. The number of esters is 2. The van der Waals surface area contributed by atoms with Gasteiger partial charge in [-0.25, -0.2) is 19.1 Å². The second kappa shape index (κ2) is 21.7. The van der Waals surface area contributed by atoms with E-state index in [0.29, 0.717) is 32.8 Å². The molecule has 0 spiro atoms. The Labute approximate surface area is 451 Å². The molecule has 0 bridgehead atoms. The second-order valence-corrected chi connectivity index (χ2v) is 22.1. The minimum Gasteiger partial charge on any atom is -0.497 e. The Hall–Kier alpha value is -7.95. The number of β-lactam (4-membered cyclic amide) rings is 1. The van der Waals surface area contributed by atoms with E-state index in [1.54, 1.807) is 79.7 Å². The van der Waals surface area contributed by atoms with Gasteiger partial charge >= 0.3 is 17.9 Å². The van der Waals surface area contributed by atoms with Crippen LogP contribution < -0.4 is 31.4 Å². The van der Waals surface area contributed by atoms with Crippen LogP contribution in [0, 0.1) is 0 Å². The van der Waals surface area contributed by atoms with E-state index in [4.69, 9.17) is 35.5 Å². The van der Waals surface area contributed by atoms with E-state index in [0.717, 1.165) is 16.7 Å². The summed E-state index contributed by atoms with van der Waals surface area (Å²) in [4.78, 5) is 73.8. The van der Waals surface area contributed by atoms with Crippen LogP contribution in [0.1, 0.15) is 62.6 Å². The van der Waals surface area contributed by atoms with Gasteiger partial charge < -0.3 is 41.1 Å². The van der Waals surface area contributed by atoms with Crippen molar-refractivity contribution in [2.45, 2.75) is 74.5 Å². The number of hydrogen-bond donors (Lipinski definition) is 4. The van der Waals surface area contributed by atoms with Crippen molar-refractivity contribution in [3.63, 3.8) is 0 Å². The number of rotatable bonds is 18. The molecule has 5 heterocycles. The maximum atomic E-state index is 14.8. The van der Waals surface area contributed by atoms with E-state index in [9.17, 15) is 19.2 Å². The Morgan fingerprint density at radius 3 is 2.09 bits per heavy atom. The van der Waals surface area contributed by atoms with Gasteiger partial charge in [0.25, 0.3) is 11.8 Å². The fourth-order valence-electron chi connectivity index (χ4n) is 8.46. The van der Waals surface area contributed by atoms with Crippen LogP contribution in [-0.4, -0.2) is 95.2 Å². The normalized spacial score (nSPS) is 15.9. The first kappa shape index (κ1) is 52.9. The molecule has 6 N–H and O–H groups in total. The first-order valence-electron chi connectivity index (χ1n) is 24.0. The van der Waals surface area contributed by atoms with Gasteiger partial charge in [-0.15, -0.1) is 23.1 Å². The smallest absolute Gasteiger partial charge is 0.376 e. The molecule has 392 valence electrons. The third-order valence-electron chi connectivity index (χ3n) is 12.4. The number of aryl methyl sites for hydroxylation is 1. The Morgan fingerprint density at radius 1 is 0.882 bits per heavy atom. The molecule has 76 heavy (non-hydrogen) atoms. The van der Waals surface area contributed by atoms with Crippen LogP contribution in [0.5, 0.6) is 5.75 Å². The number of methoxy groups -OCH3 is 1. The van der Waals surface area contributed by atoms with Crippen LogP contribution in [0.4, 0.5) is 16.9 Å². The van der Waals surface area contributed by atoms with Gasteiger partial charge in [-0.2, -0.15) is 4.98 Å². The van der Waals surface area contributed by atoms with E-state index in [2.05, 4.69) is 25.9 Å². The van der Waals surface area contributed by atoms with E-state index >= 15 is 0 Å². The number of oxime groups is 1. The zero-order valence-corrected chi connectivity index (χ0v) is 45.1. The number of nitrogen functional groups attached to an aromatic ring is 2. The first-order chi connectivity index (χ1) is 36.4. The quantitative estimate of drug-likeness (QED) is 0.0103. The van der Waals surface area contributed by atoms with Gasteiger partial charge in [-0.3, -0.25) is 14.5 Å². The predicted molar refractivity (Wildman–Crippen MR) is 291 cm³/mol. The van der Waals surface area contributed by atoms with Crippen LogP contribution in [0.2, 0.25) is 0 Å². The molecular weight excluding hydrogens is 1030 g/mol. The molecule has 0 radical (unpaired) electrons. The number of thioether (sulfide) groups is 2. The molecule has 3 aromatic heterocycles. The second-order valence-electron chi connectivity index (χ2n) is 19.2. The van der Waals surface area contributed by atoms with Crippen LogP contribution >= 0.6 is 34.9 Å². The number of thiazole rings is 1. The SMILES string of the molecule is COc1ccc(COC(=O)C2=C(CSc3nc(N)cc4n3nc(N)[n+]4C)CSC3C(NC(=O)/C(=N\OC(C)(C)C(=O)OC(C)(C)C)c4csc(NC(c5ccccc5)(c5ccccc5)c5ccccc5)n4)C(=O)N23)cc1. The van der Waals surface area contributed by atoms with E-state index in [1.807, 2.05) is 91.0 Å². The number of hydrogen-bond acceptors (Lipinski definition) is 18. The lowest BCUT2D eigenvalue weighted by atomic mass is 9.77. The molecule has 0 aliphatic carbocycles. The van der Waals surface area contributed by atoms with Crippen LogP contribution in [-0.2, 0) is 52.7 Å². The minimum atomic E-state index is -1.67. The van der Waals surface area contributed by atoms with Gasteiger partial charge in [0.2, 0.25) is 16.4 Å². The molecule has 2 unspecified atom stereocenters. The minimum absolute atomic E-state index is 0.0382. The zero-order chi connectivity index (χ0) is 53.9. The van der Waals surface area contributed by atoms with Crippen molar-refractivity contribution in [3.05, 3.63) is 166 Å². The van der Waals surface area contributed by atoms with Gasteiger partial charge in [0.1, 0.15) is 52.1 Å². The third-order valence-corrected chi connectivity index (χ3v) is 15.5. The molecule has 2 aliphatic rings. The fourth-order valence-corrected chi connectivity index (χ4v) is 11.7. The first-order valence-corrected chi connectivity index (χ1v) is 26.9. The molecular formula is C54H56N11O8S3+. The van der Waals surface area contributed by atoms with Crippen molar-refractivity contribution in [3.8, 4) is 5.75 Å². The lowest BCUT2D eigenvalue weighted by Gasteiger charge is -2.49. The number of nitrogens with zero attached hydrogens (tertiary/aromatic N) is 7. The summed E-state index contributed by atoms with van der Waals surface area (Å²) in [5.41, 5.74) is 13.3. The molecule has 1 fully saturated rings. The van der Waals surface area contributed by atoms with Gasteiger partial charge in [-0.05, 0) is 74.6 Å². The number of ether oxygens (including phenoxy) is 3. The molecule has 7 aromatic rings. The van der Waals surface area contributed by atoms with Crippen molar-refractivity contribution in [2.24, 2.45) is 12.2 Å². The van der Waals surface area contributed by atoms with E-state index in [-0.39, 0.29) is 47.0 Å². The summed E-state index contributed by atoms with van der Waals surface area (Å²) in [5, 5.41) is 17.0. The van der Waals surface area contributed by atoms with E-state index < -0.39 is 51.9 Å². The molecule has 2 amide bonds. The largest absolute Gasteiger partial charge is 0.497 e. The van der Waals surface area contributed by atoms with E-state index in [1.165, 1.54) is 53.6 Å². The summed E-state index contributed by atoms with van der Waals surface area (Å²) < 4.78 is 20.0. The lowest BCUT2D eigenvalue weighted by Crippen LogP contribution is -2.71. The summed E-state index contributed by atoms with van der Waals surface area (Å²) in [5.74, 6) is -1.31. The molecule has 9 rings (SSSR count). The highest BCUT2D eigenvalue weighted by Crippen LogP contribution is 2.43. The van der Waals surface area contributed by atoms with Gasteiger partial charge in [0, 0.05) is 28.1 Å². The Morgan fingerprint density at radius 2 is 1.50 bits per heavy atom. The highest BCUT2D eigenvalue weighted by molar-refractivity contribution is 8.01. The van der Waals surface area contributed by atoms with Gasteiger partial charge in [-0.1, -0.05) is 125 Å². The molecule has 1 saturated heterocycles. The number of amides is 2. The summed E-state index contributed by atoms with van der Waals surface area (Å²) in [6.45, 7) is 8.03. The predicted octanol–water partition coefficient (Wildman–Crippen LogP) is 6.62. The molecule has 19 nitrogen and oxygen atoms in total. The van der Waals surface area contributed by atoms with Crippen LogP contribution in [0.15, 0.2) is 148 Å². The summed E-state index contributed by atoms with van der Waals surface area (Å²) >= 11 is 3.83. The Kier molecular flexibility index (Phi) is 15.1. The molecule has 4 aromatic carbocycles. The fraction of sp³-hybridized carbons (Fsp3) is 0.278.